The van der Waals surface area contributed by atoms with Crippen molar-refractivity contribution in [2.45, 2.75) is 33.1 Å². The number of carbonyl (C=O) groups is 1. The highest BCUT2D eigenvalue weighted by atomic mass is 35.5. The molecule has 7 heteroatoms. The third-order valence-corrected chi connectivity index (χ3v) is 4.59. The number of nitro groups is 1. The highest BCUT2D eigenvalue weighted by Gasteiger charge is 2.33. The SMILES string of the molecule is CCC1(C)CCN(C(=O)c2cc(Cl)ncc2[N+](=O)[O-])CC1. The zero-order chi connectivity index (χ0) is 15.6. The first kappa shape index (κ1) is 15.7. The average molecular weight is 312 g/mol. The summed E-state index contributed by atoms with van der Waals surface area (Å²) < 4.78 is 0. The molecule has 6 nitrogen and oxygen atoms in total. The monoisotopic (exact) mass is 311 g/mol. The highest BCUT2D eigenvalue weighted by molar-refractivity contribution is 6.29. The Bertz CT molecular complexity index is 569. The van der Waals surface area contributed by atoms with Crippen LogP contribution in [0, 0.1) is 15.5 Å². The Labute approximate surface area is 128 Å². The van der Waals surface area contributed by atoms with Crippen molar-refractivity contribution < 1.29 is 9.72 Å². The molecular formula is C14H18ClN3O3. The van der Waals surface area contributed by atoms with Gasteiger partial charge in [0.25, 0.3) is 11.6 Å². The lowest BCUT2D eigenvalue weighted by molar-refractivity contribution is -0.385. The predicted octanol–water partition coefficient (Wildman–Crippen LogP) is 3.30. The van der Waals surface area contributed by atoms with Gasteiger partial charge in [-0.2, -0.15) is 0 Å². The molecule has 21 heavy (non-hydrogen) atoms. The van der Waals surface area contributed by atoms with Crippen LogP contribution in [0.15, 0.2) is 12.3 Å². The first-order chi connectivity index (χ1) is 9.86. The van der Waals surface area contributed by atoms with E-state index in [9.17, 15) is 14.9 Å². The predicted molar refractivity (Wildman–Crippen MR) is 79.4 cm³/mol. The zero-order valence-electron chi connectivity index (χ0n) is 12.1. The van der Waals surface area contributed by atoms with Gasteiger partial charge in [-0.1, -0.05) is 31.9 Å². The largest absolute Gasteiger partial charge is 0.338 e. The van der Waals surface area contributed by atoms with Gasteiger partial charge in [0.05, 0.1) is 4.92 Å². The number of carbonyl (C=O) groups excluding carboxylic acids is 1. The van der Waals surface area contributed by atoms with E-state index in [4.69, 9.17) is 11.6 Å². The number of nitrogens with zero attached hydrogens (tertiary/aromatic N) is 3. The van der Waals surface area contributed by atoms with Crippen LogP contribution in [-0.2, 0) is 0 Å². The zero-order valence-corrected chi connectivity index (χ0v) is 12.9. The van der Waals surface area contributed by atoms with E-state index in [1.165, 1.54) is 6.07 Å². The van der Waals surface area contributed by atoms with Crippen LogP contribution in [0.25, 0.3) is 0 Å². The maximum atomic E-state index is 12.5. The van der Waals surface area contributed by atoms with E-state index in [0.29, 0.717) is 13.1 Å². The Morgan fingerprint density at radius 3 is 2.67 bits per heavy atom. The third-order valence-electron chi connectivity index (χ3n) is 4.39. The number of halogens is 1. The van der Waals surface area contributed by atoms with Crippen LogP contribution < -0.4 is 0 Å². The Balaban J connectivity index is 2.22. The number of rotatable bonds is 3. The van der Waals surface area contributed by atoms with Crippen molar-refractivity contribution in [3.05, 3.63) is 33.1 Å². The number of piperidine rings is 1. The van der Waals surface area contributed by atoms with Crippen molar-refractivity contribution in [1.82, 2.24) is 9.88 Å². The van der Waals surface area contributed by atoms with E-state index < -0.39 is 4.92 Å². The van der Waals surface area contributed by atoms with E-state index in [-0.39, 0.29) is 27.7 Å². The van der Waals surface area contributed by atoms with Gasteiger partial charge >= 0.3 is 0 Å². The summed E-state index contributed by atoms with van der Waals surface area (Å²) >= 11 is 5.77. The maximum Gasteiger partial charge on any atom is 0.300 e. The molecule has 0 saturated carbocycles. The molecule has 1 aromatic rings. The Hall–Kier alpha value is -1.69. The topological polar surface area (TPSA) is 76.3 Å². The fourth-order valence-electron chi connectivity index (χ4n) is 2.51. The summed E-state index contributed by atoms with van der Waals surface area (Å²) in [6.07, 6.45) is 3.91. The fourth-order valence-corrected chi connectivity index (χ4v) is 2.67. The Kier molecular flexibility index (Phi) is 4.46. The first-order valence-corrected chi connectivity index (χ1v) is 7.33. The summed E-state index contributed by atoms with van der Waals surface area (Å²) in [4.78, 5) is 28.3. The number of aromatic nitrogens is 1. The number of pyridine rings is 1. The van der Waals surface area contributed by atoms with Crippen molar-refractivity contribution in [3.8, 4) is 0 Å². The summed E-state index contributed by atoms with van der Waals surface area (Å²) in [5, 5.41) is 11.1. The normalized spacial score (nSPS) is 17.6. The van der Waals surface area contributed by atoms with Crippen LogP contribution in [-0.4, -0.2) is 33.8 Å². The highest BCUT2D eigenvalue weighted by Crippen LogP contribution is 2.35. The van der Waals surface area contributed by atoms with Crippen LogP contribution in [0.2, 0.25) is 5.15 Å². The van der Waals surface area contributed by atoms with Crippen molar-refractivity contribution in [3.63, 3.8) is 0 Å². The molecule has 0 aliphatic carbocycles. The second-order valence-corrected chi connectivity index (χ2v) is 6.12. The minimum Gasteiger partial charge on any atom is -0.338 e. The lowest BCUT2D eigenvalue weighted by Crippen LogP contribution is -2.42. The van der Waals surface area contributed by atoms with Crippen molar-refractivity contribution in [2.75, 3.05) is 13.1 Å². The molecule has 0 radical (unpaired) electrons. The van der Waals surface area contributed by atoms with E-state index in [1.807, 2.05) is 0 Å². The Morgan fingerprint density at radius 1 is 1.52 bits per heavy atom. The molecular weight excluding hydrogens is 294 g/mol. The number of amides is 1. The van der Waals surface area contributed by atoms with Crippen molar-refractivity contribution >= 4 is 23.2 Å². The minimum absolute atomic E-state index is 0.0140. The van der Waals surface area contributed by atoms with Gasteiger partial charge in [0.15, 0.2) is 0 Å². The third kappa shape index (κ3) is 3.32. The van der Waals surface area contributed by atoms with Crippen LogP contribution in [0.1, 0.15) is 43.5 Å². The molecule has 0 spiro atoms. The summed E-state index contributed by atoms with van der Waals surface area (Å²) in [7, 11) is 0. The van der Waals surface area contributed by atoms with Crippen molar-refractivity contribution in [2.24, 2.45) is 5.41 Å². The van der Waals surface area contributed by atoms with Gasteiger partial charge in [-0.15, -0.1) is 0 Å². The molecule has 2 rings (SSSR count). The van der Waals surface area contributed by atoms with Gasteiger partial charge in [0.2, 0.25) is 0 Å². The first-order valence-electron chi connectivity index (χ1n) is 6.95. The summed E-state index contributed by atoms with van der Waals surface area (Å²) in [6.45, 7) is 5.58. The summed E-state index contributed by atoms with van der Waals surface area (Å²) in [6, 6.07) is 1.27. The van der Waals surface area contributed by atoms with E-state index in [1.54, 1.807) is 4.90 Å². The van der Waals surface area contributed by atoms with Gasteiger partial charge in [0, 0.05) is 13.1 Å². The molecule has 0 aromatic carbocycles. The molecule has 1 fully saturated rings. The molecule has 0 unspecified atom stereocenters. The molecule has 0 atom stereocenters. The van der Waals surface area contributed by atoms with Crippen LogP contribution in [0.4, 0.5) is 5.69 Å². The lowest BCUT2D eigenvalue weighted by atomic mass is 9.78. The van der Waals surface area contributed by atoms with Crippen molar-refractivity contribution in [1.29, 1.82) is 0 Å². The second-order valence-electron chi connectivity index (χ2n) is 5.74. The molecule has 0 bridgehead atoms. The van der Waals surface area contributed by atoms with Gasteiger partial charge in [-0.25, -0.2) is 4.98 Å². The summed E-state index contributed by atoms with van der Waals surface area (Å²) in [5.41, 5.74) is -0.0353. The smallest absolute Gasteiger partial charge is 0.300 e. The Morgan fingerprint density at radius 2 is 2.14 bits per heavy atom. The number of likely N-dealkylation sites (tertiary alicyclic amines) is 1. The molecule has 2 heterocycles. The second kappa shape index (κ2) is 5.97. The van der Waals surface area contributed by atoms with Gasteiger partial charge in [0.1, 0.15) is 16.9 Å². The van der Waals surface area contributed by atoms with Crippen LogP contribution in [0.5, 0.6) is 0 Å². The van der Waals surface area contributed by atoms with Crippen LogP contribution in [0.3, 0.4) is 0 Å². The quantitative estimate of drug-likeness (QED) is 0.487. The molecule has 1 amide bonds. The van der Waals surface area contributed by atoms with E-state index in [0.717, 1.165) is 25.5 Å². The van der Waals surface area contributed by atoms with E-state index >= 15 is 0 Å². The van der Waals surface area contributed by atoms with Gasteiger partial charge in [-0.05, 0) is 24.3 Å². The molecule has 1 aromatic heterocycles. The lowest BCUT2D eigenvalue weighted by Gasteiger charge is -2.38. The molecule has 1 saturated heterocycles. The molecule has 1 aliphatic heterocycles. The molecule has 114 valence electrons. The average Bonchev–Trinajstić information content (AvgIpc) is 2.47. The maximum absolute atomic E-state index is 12.5. The standard InChI is InChI=1S/C14H18ClN3O3/c1-3-14(2)4-6-17(7-5-14)13(19)10-8-12(15)16-9-11(10)18(20)21/h8-9H,3-7H2,1-2H3. The summed E-state index contributed by atoms with van der Waals surface area (Å²) in [5.74, 6) is -0.343. The fraction of sp³-hybridized carbons (Fsp3) is 0.571. The molecule has 0 N–H and O–H groups in total. The van der Waals surface area contributed by atoms with Crippen LogP contribution >= 0.6 is 11.6 Å². The molecule has 1 aliphatic rings. The van der Waals surface area contributed by atoms with Gasteiger partial charge < -0.3 is 4.90 Å². The van der Waals surface area contributed by atoms with Gasteiger partial charge in [-0.3, -0.25) is 14.9 Å². The minimum atomic E-state index is -0.601. The number of hydrogen-bond donors (Lipinski definition) is 0. The number of hydrogen-bond acceptors (Lipinski definition) is 4. The van der Waals surface area contributed by atoms with E-state index in [2.05, 4.69) is 18.8 Å².